The van der Waals surface area contributed by atoms with Crippen molar-refractivity contribution in [1.29, 1.82) is 0 Å². The van der Waals surface area contributed by atoms with Gasteiger partial charge in [0.25, 0.3) is 0 Å². The fraction of sp³-hybridized carbons (Fsp3) is 0.391. The lowest BCUT2D eigenvalue weighted by molar-refractivity contribution is -0.167. The van der Waals surface area contributed by atoms with E-state index in [2.05, 4.69) is 0 Å². The normalized spacial score (nSPS) is 12.1. The van der Waals surface area contributed by atoms with Crippen molar-refractivity contribution >= 4 is 12.0 Å². The van der Waals surface area contributed by atoms with E-state index in [1.54, 1.807) is 32.9 Å². The molecule has 162 valence electrons. The molecule has 1 atom stereocenters. The summed E-state index contributed by atoms with van der Waals surface area (Å²) in [6.07, 6.45) is 0.157. The molecule has 0 saturated heterocycles. The Balaban J connectivity index is 2.27. The maximum Gasteiger partial charge on any atom is 0.317 e. The molecule has 7 heteroatoms. The Labute approximate surface area is 177 Å². The number of phenols is 1. The Morgan fingerprint density at radius 1 is 1.10 bits per heavy atom. The Kier molecular flexibility index (Phi) is 7.69. The number of aryl methyl sites for hydroxylation is 1. The van der Waals surface area contributed by atoms with Crippen LogP contribution in [-0.2, 0) is 22.5 Å². The molecule has 2 aromatic carbocycles. The molecule has 0 fully saturated rings. The van der Waals surface area contributed by atoms with Gasteiger partial charge in [0.1, 0.15) is 0 Å². The van der Waals surface area contributed by atoms with Gasteiger partial charge in [0.2, 0.25) is 0 Å². The summed E-state index contributed by atoms with van der Waals surface area (Å²) in [5.74, 6) is -0.147. The number of primary amides is 1. The Bertz CT molecular complexity index is 862. The van der Waals surface area contributed by atoms with E-state index in [1.807, 2.05) is 30.3 Å². The molecule has 0 radical (unpaired) electrons. The van der Waals surface area contributed by atoms with Gasteiger partial charge in [-0.1, -0.05) is 36.4 Å². The molecule has 2 aromatic rings. The fourth-order valence-corrected chi connectivity index (χ4v) is 2.85. The van der Waals surface area contributed by atoms with Gasteiger partial charge < -0.3 is 20.3 Å². The average molecular weight is 415 g/mol. The number of carbonyl (C=O) groups excluding carboxylic acids is 2. The molecule has 7 nitrogen and oxygen atoms in total. The molecule has 1 unspecified atom stereocenters. The summed E-state index contributed by atoms with van der Waals surface area (Å²) in [6.45, 7) is 5.36. The average Bonchev–Trinajstić information content (AvgIpc) is 2.70. The van der Waals surface area contributed by atoms with Crippen molar-refractivity contribution in [3.63, 3.8) is 0 Å². The second-order valence-electron chi connectivity index (χ2n) is 8.11. The first-order valence-electron chi connectivity index (χ1n) is 9.78. The summed E-state index contributed by atoms with van der Waals surface area (Å²) in [5.41, 5.74) is 6.67. The van der Waals surface area contributed by atoms with Crippen molar-refractivity contribution in [3.8, 4) is 11.5 Å². The highest BCUT2D eigenvalue weighted by atomic mass is 16.6. The predicted octanol–water partition coefficient (Wildman–Crippen LogP) is 3.83. The number of hydrogen-bond donors (Lipinski definition) is 2. The molecular formula is C23H30N2O5. The largest absolute Gasteiger partial charge is 0.504 e. The van der Waals surface area contributed by atoms with Crippen molar-refractivity contribution in [2.45, 2.75) is 46.4 Å². The summed E-state index contributed by atoms with van der Waals surface area (Å²) < 4.78 is 10.9. The molecule has 0 bridgehead atoms. The van der Waals surface area contributed by atoms with Crippen LogP contribution in [0, 0.1) is 5.41 Å². The van der Waals surface area contributed by atoms with E-state index in [0.717, 1.165) is 5.56 Å². The number of hydrogen-bond acceptors (Lipinski definition) is 5. The van der Waals surface area contributed by atoms with E-state index in [9.17, 15) is 14.7 Å². The van der Waals surface area contributed by atoms with Crippen LogP contribution in [0.25, 0.3) is 0 Å². The van der Waals surface area contributed by atoms with Crippen LogP contribution in [0.4, 0.5) is 4.79 Å². The fourth-order valence-electron chi connectivity index (χ4n) is 2.85. The highest BCUT2D eigenvalue weighted by Gasteiger charge is 2.31. The minimum absolute atomic E-state index is 0.00772. The van der Waals surface area contributed by atoms with E-state index in [0.29, 0.717) is 18.4 Å². The second kappa shape index (κ2) is 10.0. The van der Waals surface area contributed by atoms with Crippen LogP contribution < -0.4 is 10.5 Å². The van der Waals surface area contributed by atoms with E-state index < -0.39 is 23.6 Å². The van der Waals surface area contributed by atoms with Gasteiger partial charge in [-0.3, -0.25) is 9.69 Å². The van der Waals surface area contributed by atoms with Crippen LogP contribution in [0.2, 0.25) is 0 Å². The smallest absolute Gasteiger partial charge is 0.317 e. The number of esters is 1. The summed E-state index contributed by atoms with van der Waals surface area (Å²) in [5, 5.41) is 9.81. The first-order valence-corrected chi connectivity index (χ1v) is 9.78. The van der Waals surface area contributed by atoms with Crippen LogP contribution >= 0.6 is 0 Å². The number of nitrogens with zero attached hydrogens (tertiary/aromatic N) is 1. The summed E-state index contributed by atoms with van der Waals surface area (Å²) in [4.78, 5) is 26.2. The quantitative estimate of drug-likeness (QED) is 0.505. The molecule has 2 rings (SSSR count). The zero-order valence-corrected chi connectivity index (χ0v) is 17.9. The molecular weight excluding hydrogens is 384 g/mol. The number of benzene rings is 2. The van der Waals surface area contributed by atoms with Gasteiger partial charge in [0.15, 0.2) is 17.7 Å². The first kappa shape index (κ1) is 23.1. The lowest BCUT2D eigenvalue weighted by atomic mass is 9.97. The zero-order chi connectivity index (χ0) is 22.3. The number of rotatable bonds is 8. The number of ether oxygens (including phenoxy) is 2. The molecule has 0 saturated carbocycles. The van der Waals surface area contributed by atoms with E-state index >= 15 is 0 Å². The van der Waals surface area contributed by atoms with Crippen molar-refractivity contribution in [3.05, 3.63) is 59.7 Å². The maximum absolute atomic E-state index is 12.6. The third kappa shape index (κ3) is 6.40. The number of urea groups is 1. The minimum Gasteiger partial charge on any atom is -0.504 e. The molecule has 0 aliphatic heterocycles. The molecule has 0 spiro atoms. The third-order valence-electron chi connectivity index (χ3n) is 4.61. The Morgan fingerprint density at radius 3 is 2.33 bits per heavy atom. The van der Waals surface area contributed by atoms with Crippen molar-refractivity contribution in [2.24, 2.45) is 11.1 Å². The number of methoxy groups -OCH3 is 1. The van der Waals surface area contributed by atoms with Crippen LogP contribution in [0.5, 0.6) is 11.5 Å². The summed E-state index contributed by atoms with van der Waals surface area (Å²) in [6, 6.07) is 13.8. The number of phenolic OH excluding ortho intramolecular Hbond substituents is 1. The standard InChI is InChI=1S/C23H30N2O5/c1-23(2,3)21(27)30-20(13-11-16-8-6-5-7-9-16)25(22(24)28)15-17-10-12-18(26)19(14-17)29-4/h5-10,12,14,20,26H,11,13,15H2,1-4H3,(H2,24,28). The Morgan fingerprint density at radius 2 is 1.77 bits per heavy atom. The van der Waals surface area contributed by atoms with Crippen molar-refractivity contribution in [1.82, 2.24) is 4.90 Å². The summed E-state index contributed by atoms with van der Waals surface area (Å²) >= 11 is 0. The maximum atomic E-state index is 12.6. The monoisotopic (exact) mass is 414 g/mol. The second-order valence-corrected chi connectivity index (χ2v) is 8.11. The van der Waals surface area contributed by atoms with E-state index in [-0.39, 0.29) is 18.0 Å². The molecule has 30 heavy (non-hydrogen) atoms. The van der Waals surface area contributed by atoms with E-state index in [1.165, 1.54) is 18.1 Å². The number of carbonyl (C=O) groups is 2. The first-order chi connectivity index (χ1) is 14.1. The SMILES string of the molecule is COc1cc(CN(C(N)=O)C(CCc2ccccc2)OC(=O)C(C)(C)C)ccc1O. The van der Waals surface area contributed by atoms with Crippen molar-refractivity contribution < 1.29 is 24.2 Å². The molecule has 2 amide bonds. The molecule has 3 N–H and O–H groups in total. The number of aromatic hydroxyl groups is 1. The zero-order valence-electron chi connectivity index (χ0n) is 17.9. The lowest BCUT2D eigenvalue weighted by Gasteiger charge is -2.32. The van der Waals surface area contributed by atoms with Crippen LogP contribution in [0.3, 0.4) is 0 Å². The van der Waals surface area contributed by atoms with Gasteiger partial charge in [-0.15, -0.1) is 0 Å². The van der Waals surface area contributed by atoms with Crippen LogP contribution in [0.15, 0.2) is 48.5 Å². The topological polar surface area (TPSA) is 102 Å². The third-order valence-corrected chi connectivity index (χ3v) is 4.61. The van der Waals surface area contributed by atoms with Crippen molar-refractivity contribution in [2.75, 3.05) is 7.11 Å². The molecule has 0 aromatic heterocycles. The molecule has 0 heterocycles. The highest BCUT2D eigenvalue weighted by Crippen LogP contribution is 2.28. The highest BCUT2D eigenvalue weighted by molar-refractivity contribution is 5.76. The summed E-state index contributed by atoms with van der Waals surface area (Å²) in [7, 11) is 1.44. The van der Waals surface area contributed by atoms with Gasteiger partial charge in [-0.25, -0.2) is 4.79 Å². The van der Waals surface area contributed by atoms with Gasteiger partial charge in [-0.05, 0) is 50.5 Å². The Hall–Kier alpha value is -3.22. The number of amides is 2. The number of nitrogens with two attached hydrogens (primary N) is 1. The predicted molar refractivity (Wildman–Crippen MR) is 114 cm³/mol. The van der Waals surface area contributed by atoms with Crippen LogP contribution in [-0.4, -0.2) is 35.3 Å². The van der Waals surface area contributed by atoms with Crippen LogP contribution in [0.1, 0.15) is 38.3 Å². The van der Waals surface area contributed by atoms with Gasteiger partial charge in [0, 0.05) is 6.42 Å². The molecule has 0 aliphatic rings. The minimum atomic E-state index is -0.839. The van der Waals surface area contributed by atoms with E-state index in [4.69, 9.17) is 15.2 Å². The molecule has 0 aliphatic carbocycles. The lowest BCUT2D eigenvalue weighted by Crippen LogP contribution is -2.46. The van der Waals surface area contributed by atoms with Gasteiger partial charge in [-0.2, -0.15) is 0 Å². The van der Waals surface area contributed by atoms with Gasteiger partial charge in [0.05, 0.1) is 19.1 Å². The van der Waals surface area contributed by atoms with Gasteiger partial charge >= 0.3 is 12.0 Å².